The molecule has 0 saturated heterocycles. The molecule has 3 rings (SSSR count). The molecule has 0 spiro atoms. The van der Waals surface area contributed by atoms with Crippen molar-refractivity contribution in [2.75, 3.05) is 5.32 Å². The van der Waals surface area contributed by atoms with Crippen LogP contribution in [0.1, 0.15) is 10.4 Å². The second kappa shape index (κ2) is 6.60. The molecule has 0 unspecified atom stereocenters. The third-order valence-corrected chi connectivity index (χ3v) is 5.05. The minimum absolute atomic E-state index is 0.0803. The van der Waals surface area contributed by atoms with Crippen molar-refractivity contribution in [1.29, 1.82) is 0 Å². The lowest BCUT2D eigenvalue weighted by molar-refractivity contribution is -0.115. The Kier molecular flexibility index (Phi) is 4.57. The molecule has 1 aromatic carbocycles. The molecule has 0 fully saturated rings. The highest BCUT2D eigenvalue weighted by Gasteiger charge is 2.10. The first-order valence-electron chi connectivity index (χ1n) is 6.67. The summed E-state index contributed by atoms with van der Waals surface area (Å²) in [5, 5.41) is 5.39. The van der Waals surface area contributed by atoms with E-state index in [4.69, 9.17) is 11.6 Å². The van der Waals surface area contributed by atoms with Gasteiger partial charge in [-0.25, -0.2) is 4.98 Å². The summed E-state index contributed by atoms with van der Waals surface area (Å²) in [6.07, 6.45) is 0.316. The van der Waals surface area contributed by atoms with Crippen LogP contribution in [-0.4, -0.2) is 10.9 Å². The van der Waals surface area contributed by atoms with Crippen LogP contribution in [0.5, 0.6) is 0 Å². The maximum Gasteiger partial charge on any atom is 0.231 e. The lowest BCUT2D eigenvalue weighted by atomic mass is 10.1. The summed E-state index contributed by atoms with van der Waals surface area (Å²) in [7, 11) is 0. The molecule has 0 saturated carbocycles. The van der Waals surface area contributed by atoms with Crippen LogP contribution in [0.4, 0.5) is 5.13 Å². The minimum Gasteiger partial charge on any atom is -0.302 e. The zero-order valence-electron chi connectivity index (χ0n) is 11.8. The van der Waals surface area contributed by atoms with E-state index >= 15 is 0 Å². The second-order valence-corrected chi connectivity index (χ2v) is 7.49. The van der Waals surface area contributed by atoms with Crippen LogP contribution in [-0.2, 0) is 11.2 Å². The largest absolute Gasteiger partial charge is 0.302 e. The molecule has 0 aliphatic carbocycles. The molecule has 0 aliphatic heterocycles. The highest BCUT2D eigenvalue weighted by molar-refractivity contribution is 7.16. The number of aryl methyl sites for hydroxylation is 1. The Labute approximate surface area is 141 Å². The lowest BCUT2D eigenvalue weighted by Gasteiger charge is -2.00. The van der Waals surface area contributed by atoms with Crippen LogP contribution in [0, 0.1) is 6.92 Å². The molecule has 2 heterocycles. The molecule has 1 N–H and O–H groups in total. The second-order valence-electron chi connectivity index (χ2n) is 4.83. The number of anilines is 1. The Hall–Kier alpha value is -1.69. The summed E-state index contributed by atoms with van der Waals surface area (Å²) in [6, 6.07) is 11.8. The van der Waals surface area contributed by atoms with Gasteiger partial charge in [-0.3, -0.25) is 4.79 Å². The quantitative estimate of drug-likeness (QED) is 0.719. The summed E-state index contributed by atoms with van der Waals surface area (Å²) in [5.41, 5.74) is 3.13. The number of halogens is 1. The van der Waals surface area contributed by atoms with Gasteiger partial charge in [-0.05, 0) is 19.1 Å². The molecule has 0 aliphatic rings. The Bertz CT molecular complexity index is 793. The first kappa shape index (κ1) is 15.2. The molecule has 0 radical (unpaired) electrons. The van der Waals surface area contributed by atoms with Gasteiger partial charge in [0.1, 0.15) is 0 Å². The van der Waals surface area contributed by atoms with Gasteiger partial charge in [0.05, 0.1) is 16.5 Å². The predicted molar refractivity (Wildman–Crippen MR) is 93.9 cm³/mol. The fourth-order valence-electron chi connectivity index (χ4n) is 1.96. The van der Waals surface area contributed by atoms with E-state index in [2.05, 4.69) is 10.3 Å². The fraction of sp³-hybridized carbons (Fsp3) is 0.125. The molecular weight excluding hydrogens is 336 g/mol. The van der Waals surface area contributed by atoms with E-state index in [-0.39, 0.29) is 5.91 Å². The third-order valence-electron chi connectivity index (χ3n) is 3.06. The van der Waals surface area contributed by atoms with Crippen molar-refractivity contribution in [3.63, 3.8) is 0 Å². The molecular formula is C16H13ClN2OS2. The number of hydrogen-bond acceptors (Lipinski definition) is 4. The molecule has 3 aromatic rings. The van der Waals surface area contributed by atoms with Gasteiger partial charge in [-0.2, -0.15) is 0 Å². The normalized spacial score (nSPS) is 10.6. The van der Waals surface area contributed by atoms with Gasteiger partial charge in [-0.1, -0.05) is 41.4 Å². The third kappa shape index (κ3) is 3.74. The summed E-state index contributed by atoms with van der Waals surface area (Å²) < 4.78 is 0.693. The zero-order valence-corrected chi connectivity index (χ0v) is 14.2. The van der Waals surface area contributed by atoms with Crippen molar-refractivity contribution in [3.05, 3.63) is 56.6 Å². The van der Waals surface area contributed by atoms with Crippen LogP contribution >= 0.6 is 34.3 Å². The Morgan fingerprint density at radius 3 is 2.68 bits per heavy atom. The first-order valence-corrected chi connectivity index (χ1v) is 8.74. The van der Waals surface area contributed by atoms with E-state index in [1.165, 1.54) is 28.2 Å². The maximum absolute atomic E-state index is 12.0. The Morgan fingerprint density at radius 1 is 1.23 bits per heavy atom. The SMILES string of the molecule is Cc1ccc(-c2csc(NC(=O)Cc3ccc(Cl)s3)n2)cc1. The van der Waals surface area contributed by atoms with Gasteiger partial charge in [-0.15, -0.1) is 22.7 Å². The summed E-state index contributed by atoms with van der Waals surface area (Å²) in [6.45, 7) is 2.05. The number of thiophene rings is 1. The van der Waals surface area contributed by atoms with Crippen LogP contribution in [0.3, 0.4) is 0 Å². The van der Waals surface area contributed by atoms with Crippen LogP contribution in [0.2, 0.25) is 4.34 Å². The minimum atomic E-state index is -0.0803. The standard InChI is InChI=1S/C16H13ClN2OS2/c1-10-2-4-11(5-3-10)13-9-21-16(18-13)19-15(20)8-12-6-7-14(17)22-12/h2-7,9H,8H2,1H3,(H,18,19,20). The number of carbonyl (C=O) groups is 1. The van der Waals surface area contributed by atoms with Crippen LogP contribution < -0.4 is 5.32 Å². The number of rotatable bonds is 4. The summed E-state index contributed by atoms with van der Waals surface area (Å²) in [5.74, 6) is -0.0803. The maximum atomic E-state index is 12.0. The number of aromatic nitrogens is 1. The fourth-order valence-corrected chi connectivity index (χ4v) is 3.78. The summed E-state index contributed by atoms with van der Waals surface area (Å²) >= 11 is 8.71. The van der Waals surface area contributed by atoms with Gasteiger partial charge >= 0.3 is 0 Å². The molecule has 6 heteroatoms. The molecule has 0 bridgehead atoms. The molecule has 3 nitrogen and oxygen atoms in total. The molecule has 2 aromatic heterocycles. The van der Waals surface area contributed by atoms with E-state index < -0.39 is 0 Å². The van der Waals surface area contributed by atoms with Gasteiger partial charge in [0.15, 0.2) is 5.13 Å². The number of nitrogens with zero attached hydrogens (tertiary/aromatic N) is 1. The number of hydrogen-bond donors (Lipinski definition) is 1. The number of thiazole rings is 1. The number of carbonyl (C=O) groups excluding carboxylic acids is 1. The van der Waals surface area contributed by atoms with E-state index in [0.29, 0.717) is 15.9 Å². The van der Waals surface area contributed by atoms with Gasteiger partial charge in [0.25, 0.3) is 0 Å². The van der Waals surface area contributed by atoms with E-state index in [0.717, 1.165) is 16.1 Å². The predicted octanol–water partition coefficient (Wildman–Crippen LogP) is 5.01. The highest BCUT2D eigenvalue weighted by atomic mass is 35.5. The first-order chi connectivity index (χ1) is 10.6. The van der Waals surface area contributed by atoms with Crippen LogP contribution in [0.25, 0.3) is 11.3 Å². The van der Waals surface area contributed by atoms with Crippen molar-refractivity contribution >= 4 is 45.3 Å². The van der Waals surface area contributed by atoms with Crippen molar-refractivity contribution in [1.82, 2.24) is 4.98 Å². The van der Waals surface area contributed by atoms with Crippen LogP contribution in [0.15, 0.2) is 41.8 Å². The number of nitrogens with one attached hydrogen (secondary N) is 1. The average Bonchev–Trinajstić information content (AvgIpc) is 3.09. The van der Waals surface area contributed by atoms with Crippen molar-refractivity contribution in [2.45, 2.75) is 13.3 Å². The topological polar surface area (TPSA) is 42.0 Å². The highest BCUT2D eigenvalue weighted by Crippen LogP contribution is 2.26. The smallest absolute Gasteiger partial charge is 0.231 e. The average molecular weight is 349 g/mol. The molecule has 22 heavy (non-hydrogen) atoms. The number of benzene rings is 1. The van der Waals surface area contributed by atoms with Crippen molar-refractivity contribution < 1.29 is 4.79 Å². The lowest BCUT2D eigenvalue weighted by Crippen LogP contribution is -2.13. The molecule has 0 atom stereocenters. The molecule has 1 amide bonds. The van der Waals surface area contributed by atoms with Gasteiger partial charge in [0, 0.05) is 15.8 Å². The summed E-state index contributed by atoms with van der Waals surface area (Å²) in [4.78, 5) is 17.4. The Balaban J connectivity index is 1.66. The van der Waals surface area contributed by atoms with E-state index in [9.17, 15) is 4.79 Å². The molecule has 112 valence electrons. The van der Waals surface area contributed by atoms with Crippen molar-refractivity contribution in [3.8, 4) is 11.3 Å². The van der Waals surface area contributed by atoms with E-state index in [1.54, 1.807) is 6.07 Å². The van der Waals surface area contributed by atoms with Gasteiger partial charge in [0.2, 0.25) is 5.91 Å². The van der Waals surface area contributed by atoms with E-state index in [1.807, 2.05) is 42.6 Å². The number of amides is 1. The Morgan fingerprint density at radius 2 is 2.00 bits per heavy atom. The van der Waals surface area contributed by atoms with Crippen molar-refractivity contribution in [2.24, 2.45) is 0 Å². The monoisotopic (exact) mass is 348 g/mol. The zero-order chi connectivity index (χ0) is 15.5. The van der Waals surface area contributed by atoms with Gasteiger partial charge < -0.3 is 5.32 Å².